The predicted molar refractivity (Wildman–Crippen MR) is 173 cm³/mol. The molecule has 0 aromatic heterocycles. The van der Waals surface area contributed by atoms with Gasteiger partial charge in [0.25, 0.3) is 0 Å². The average Bonchev–Trinajstić information content (AvgIpc) is 2.91. The topological polar surface area (TPSA) is 145 Å². The van der Waals surface area contributed by atoms with Crippen molar-refractivity contribution in [3.05, 3.63) is 33.9 Å². The largest absolute Gasteiger partial charge is 0.504 e. The van der Waals surface area contributed by atoms with Gasteiger partial charge in [-0.25, -0.2) is 4.79 Å². The van der Waals surface area contributed by atoms with E-state index in [0.29, 0.717) is 39.3 Å². The van der Waals surface area contributed by atoms with Crippen LogP contribution in [0.25, 0.3) is 0 Å². The molecule has 0 spiro atoms. The van der Waals surface area contributed by atoms with Crippen LogP contribution in [-0.2, 0) is 27.1 Å². The molecule has 0 saturated heterocycles. The Bertz CT molecular complexity index is 1460. The molecule has 12 heteroatoms. The molecule has 1 heterocycles. The molecule has 0 unspecified atom stereocenters. The van der Waals surface area contributed by atoms with E-state index < -0.39 is 41.4 Å². The number of fused-ring (bicyclic) bond motifs is 1. The van der Waals surface area contributed by atoms with Gasteiger partial charge in [0.15, 0.2) is 23.0 Å². The number of ether oxygens (including phenoxy) is 6. The maximum atomic E-state index is 13.8. The van der Waals surface area contributed by atoms with Crippen LogP contribution >= 0.6 is 0 Å². The second-order valence-electron chi connectivity index (χ2n) is 13.5. The number of alkyl carbamates (subject to hydrolysis) is 1. The van der Waals surface area contributed by atoms with E-state index in [1.807, 2.05) is 0 Å². The van der Waals surface area contributed by atoms with Gasteiger partial charge in [0, 0.05) is 34.2 Å². The lowest BCUT2D eigenvalue weighted by atomic mass is 9.80. The molecule has 12 nitrogen and oxygen atoms in total. The molecule has 1 amide bonds. The zero-order valence-electron chi connectivity index (χ0n) is 29.3. The van der Waals surface area contributed by atoms with Crippen molar-refractivity contribution in [1.29, 1.82) is 0 Å². The Kier molecular flexibility index (Phi) is 10.9. The number of hydrogen-bond donors (Lipinski definition) is 3. The second kappa shape index (κ2) is 13.7. The van der Waals surface area contributed by atoms with E-state index >= 15 is 0 Å². The smallest absolute Gasteiger partial charge is 0.407 e. The molecule has 3 rings (SSSR count). The number of hydrogen-bond acceptors (Lipinski definition) is 11. The number of esters is 1. The van der Waals surface area contributed by atoms with Crippen molar-refractivity contribution in [3.8, 4) is 34.5 Å². The molecular weight excluding hydrogens is 596 g/mol. The van der Waals surface area contributed by atoms with Gasteiger partial charge in [0.1, 0.15) is 28.7 Å². The highest BCUT2D eigenvalue weighted by molar-refractivity contribution is 5.79. The quantitative estimate of drug-likeness (QED) is 0.312. The maximum absolute atomic E-state index is 13.8. The first-order valence-electron chi connectivity index (χ1n) is 15.1. The van der Waals surface area contributed by atoms with Gasteiger partial charge in [-0.3, -0.25) is 9.69 Å². The maximum Gasteiger partial charge on any atom is 0.407 e. The normalized spacial score (nSPS) is 17.4. The molecule has 0 bridgehead atoms. The summed E-state index contributed by atoms with van der Waals surface area (Å²) in [6.45, 7) is 14.1. The molecule has 0 radical (unpaired) electrons. The summed E-state index contributed by atoms with van der Waals surface area (Å²) in [6, 6.07) is -1.03. The van der Waals surface area contributed by atoms with Crippen LogP contribution < -0.4 is 24.3 Å². The Balaban J connectivity index is 2.36. The Labute approximate surface area is 271 Å². The Morgan fingerprint density at radius 1 is 0.870 bits per heavy atom. The summed E-state index contributed by atoms with van der Waals surface area (Å²) >= 11 is 0. The molecule has 2 aromatic carbocycles. The van der Waals surface area contributed by atoms with Crippen molar-refractivity contribution >= 4 is 12.1 Å². The SMILES string of the molecule is COc1c(O)cc(C[C@H](NC(=O)OC(C)(C)C)[C@H]2c3c(O)c(OC)c(C)c(OC)c3C[C@@H](C(=O)OC(C)(C)C)N2C)c(OC)c1C. The number of likely N-dealkylation sites (N-methyl/N-ethyl adjacent to an activating group) is 1. The predicted octanol–water partition coefficient (Wildman–Crippen LogP) is 5.12. The number of phenols is 2. The number of rotatable bonds is 9. The second-order valence-corrected chi connectivity index (χ2v) is 13.5. The monoisotopic (exact) mass is 646 g/mol. The molecule has 1 aliphatic heterocycles. The van der Waals surface area contributed by atoms with Crippen molar-refractivity contribution in [2.75, 3.05) is 35.5 Å². The lowest BCUT2D eigenvalue weighted by Crippen LogP contribution is -2.55. The van der Waals surface area contributed by atoms with Gasteiger partial charge >= 0.3 is 12.1 Å². The van der Waals surface area contributed by atoms with E-state index in [2.05, 4.69) is 5.32 Å². The number of phenolic OH excluding ortho intramolecular Hbond substituents is 2. The minimum atomic E-state index is -0.868. The first-order chi connectivity index (χ1) is 21.3. The van der Waals surface area contributed by atoms with Crippen LogP contribution in [0.1, 0.15) is 75.4 Å². The molecule has 0 fully saturated rings. The fourth-order valence-electron chi connectivity index (χ4n) is 6.24. The summed E-state index contributed by atoms with van der Waals surface area (Å²) in [5.41, 5.74) is 1.06. The molecule has 0 aliphatic carbocycles. The highest BCUT2D eigenvalue weighted by Crippen LogP contribution is 2.51. The molecule has 1 aliphatic rings. The van der Waals surface area contributed by atoms with Crippen molar-refractivity contribution in [2.45, 2.75) is 97.6 Å². The van der Waals surface area contributed by atoms with Gasteiger partial charge in [-0.2, -0.15) is 0 Å². The number of aromatic hydroxyl groups is 2. The summed E-state index contributed by atoms with van der Waals surface area (Å²) in [5, 5.41) is 25.6. The lowest BCUT2D eigenvalue weighted by molar-refractivity contribution is -0.162. The summed E-state index contributed by atoms with van der Waals surface area (Å²) in [6.07, 6.45) is -0.483. The van der Waals surface area contributed by atoms with Gasteiger partial charge in [-0.15, -0.1) is 0 Å². The van der Waals surface area contributed by atoms with Crippen molar-refractivity contribution in [1.82, 2.24) is 10.2 Å². The summed E-state index contributed by atoms with van der Waals surface area (Å²) in [4.78, 5) is 29.0. The van der Waals surface area contributed by atoms with E-state index in [1.165, 1.54) is 34.5 Å². The van der Waals surface area contributed by atoms with Crippen LogP contribution in [-0.4, -0.2) is 85.9 Å². The number of carbonyl (C=O) groups excluding carboxylic acids is 2. The minimum Gasteiger partial charge on any atom is -0.504 e. The van der Waals surface area contributed by atoms with Gasteiger partial charge in [-0.1, -0.05) is 0 Å². The first kappa shape index (κ1) is 36.4. The highest BCUT2D eigenvalue weighted by atomic mass is 16.6. The summed E-state index contributed by atoms with van der Waals surface area (Å²) < 4.78 is 34.1. The first-order valence-corrected chi connectivity index (χ1v) is 15.1. The zero-order chi connectivity index (χ0) is 34.9. The van der Waals surface area contributed by atoms with E-state index in [1.54, 1.807) is 67.3 Å². The van der Waals surface area contributed by atoms with E-state index in [-0.39, 0.29) is 35.8 Å². The molecule has 2 aromatic rings. The van der Waals surface area contributed by atoms with Crippen molar-refractivity contribution in [3.63, 3.8) is 0 Å². The third kappa shape index (κ3) is 7.49. The molecular formula is C34H50N2O10. The van der Waals surface area contributed by atoms with Gasteiger partial charge in [0.05, 0.1) is 40.5 Å². The molecule has 256 valence electrons. The van der Waals surface area contributed by atoms with Crippen LogP contribution in [0.2, 0.25) is 0 Å². The number of nitrogens with zero attached hydrogens (tertiary/aromatic N) is 1. The van der Waals surface area contributed by atoms with Gasteiger partial charge in [-0.05, 0) is 74.9 Å². The number of benzene rings is 2. The molecule has 3 N–H and O–H groups in total. The van der Waals surface area contributed by atoms with Crippen LogP contribution in [0.15, 0.2) is 6.07 Å². The van der Waals surface area contributed by atoms with Crippen LogP contribution in [0.4, 0.5) is 4.79 Å². The third-order valence-corrected chi connectivity index (χ3v) is 7.91. The zero-order valence-corrected chi connectivity index (χ0v) is 29.3. The number of carbonyl (C=O) groups is 2. The van der Waals surface area contributed by atoms with Crippen LogP contribution in [0.3, 0.4) is 0 Å². The van der Waals surface area contributed by atoms with Gasteiger partial charge < -0.3 is 44.0 Å². The standard InChI is InChI=1S/C34H50N2O10/c1-17-27(41-10)19(15-23(37)29(17)43-12)14-21(35-32(40)46-34(6,7)8)25-24-20(28(42-11)18(2)30(44-13)26(24)38)16-22(36(25)9)31(39)45-33(3,4)5/h15,21-22,25,37-38H,14,16H2,1-13H3,(H,35,40)/t21-,22-,25-/m0/s1. The van der Waals surface area contributed by atoms with Crippen LogP contribution in [0.5, 0.6) is 34.5 Å². The third-order valence-electron chi connectivity index (χ3n) is 7.91. The fraction of sp³-hybridized carbons (Fsp3) is 0.588. The van der Waals surface area contributed by atoms with Gasteiger partial charge in [0.2, 0.25) is 0 Å². The number of amides is 1. The molecule has 0 saturated carbocycles. The van der Waals surface area contributed by atoms with Crippen LogP contribution in [0, 0.1) is 13.8 Å². The number of nitrogens with one attached hydrogen (secondary N) is 1. The summed E-state index contributed by atoms with van der Waals surface area (Å²) in [5.74, 6) is 0.609. The highest BCUT2D eigenvalue weighted by Gasteiger charge is 2.46. The fourth-order valence-corrected chi connectivity index (χ4v) is 6.24. The summed E-state index contributed by atoms with van der Waals surface area (Å²) in [7, 11) is 7.65. The van der Waals surface area contributed by atoms with E-state index in [9.17, 15) is 19.8 Å². The molecule has 3 atom stereocenters. The molecule has 46 heavy (non-hydrogen) atoms. The number of methoxy groups -OCH3 is 4. The average molecular weight is 647 g/mol. The van der Waals surface area contributed by atoms with E-state index in [0.717, 1.165) is 0 Å². The Morgan fingerprint density at radius 3 is 1.89 bits per heavy atom. The lowest BCUT2D eigenvalue weighted by Gasteiger charge is -2.45. The Hall–Kier alpha value is -4.06. The van der Waals surface area contributed by atoms with Crippen molar-refractivity contribution in [2.24, 2.45) is 0 Å². The Morgan fingerprint density at radius 2 is 1.39 bits per heavy atom. The minimum absolute atomic E-state index is 0.0776. The van der Waals surface area contributed by atoms with Crippen molar-refractivity contribution < 1.29 is 48.2 Å². The van der Waals surface area contributed by atoms with E-state index in [4.69, 9.17) is 28.4 Å².